The second-order valence-corrected chi connectivity index (χ2v) is 5.04. The largest absolute Gasteiger partial charge is 0.396 e. The van der Waals surface area contributed by atoms with Crippen LogP contribution >= 0.6 is 11.6 Å². The van der Waals surface area contributed by atoms with Gasteiger partial charge in [-0.05, 0) is 12.1 Å². The first kappa shape index (κ1) is 14.9. The van der Waals surface area contributed by atoms with Gasteiger partial charge in [0, 0.05) is 30.8 Å². The lowest BCUT2D eigenvalue weighted by Gasteiger charge is -2.30. The first-order chi connectivity index (χ1) is 8.41. The summed E-state index contributed by atoms with van der Waals surface area (Å²) in [6.07, 6.45) is 1.46. The van der Waals surface area contributed by atoms with Crippen LogP contribution in [0.25, 0.3) is 0 Å². The highest BCUT2D eigenvalue weighted by Crippen LogP contribution is 2.17. The van der Waals surface area contributed by atoms with E-state index in [0.29, 0.717) is 5.56 Å². The van der Waals surface area contributed by atoms with E-state index in [2.05, 4.69) is 4.98 Å². The Labute approximate surface area is 111 Å². The molecule has 1 aromatic rings. The van der Waals surface area contributed by atoms with Crippen molar-refractivity contribution in [2.75, 3.05) is 26.8 Å². The van der Waals surface area contributed by atoms with Crippen LogP contribution in [-0.2, 0) is 0 Å². The first-order valence-corrected chi connectivity index (χ1v) is 5.88. The van der Waals surface area contributed by atoms with Crippen LogP contribution in [0.4, 0.5) is 0 Å². The van der Waals surface area contributed by atoms with Crippen molar-refractivity contribution in [3.8, 4) is 0 Å². The summed E-state index contributed by atoms with van der Waals surface area (Å²) in [4.78, 5) is 17.3. The van der Waals surface area contributed by atoms with E-state index >= 15 is 0 Å². The number of carbonyl (C=O) groups excluding carboxylic acids is 1. The van der Waals surface area contributed by atoms with Crippen LogP contribution in [0.15, 0.2) is 18.3 Å². The zero-order valence-corrected chi connectivity index (χ0v) is 11.2. The lowest BCUT2D eigenvalue weighted by Crippen LogP contribution is -2.41. The number of amides is 1. The monoisotopic (exact) mass is 272 g/mol. The fourth-order valence-corrected chi connectivity index (χ4v) is 1.72. The molecule has 0 radical (unpaired) electrons. The van der Waals surface area contributed by atoms with Gasteiger partial charge in [0.25, 0.3) is 5.91 Å². The van der Waals surface area contributed by atoms with Crippen molar-refractivity contribution in [2.24, 2.45) is 5.41 Å². The summed E-state index contributed by atoms with van der Waals surface area (Å²) < 4.78 is 0. The maximum Gasteiger partial charge on any atom is 0.253 e. The summed E-state index contributed by atoms with van der Waals surface area (Å²) in [7, 11) is 1.61. The Balaban J connectivity index is 2.79. The third-order valence-electron chi connectivity index (χ3n) is 2.70. The van der Waals surface area contributed by atoms with Crippen molar-refractivity contribution < 1.29 is 15.0 Å². The number of hydrogen-bond acceptors (Lipinski definition) is 4. The Morgan fingerprint density at radius 3 is 2.61 bits per heavy atom. The second kappa shape index (κ2) is 6.13. The maximum atomic E-state index is 12.1. The molecular formula is C12H17ClN2O3. The predicted octanol–water partition coefficient (Wildman–Crippen LogP) is 0.798. The molecule has 0 saturated carbocycles. The van der Waals surface area contributed by atoms with Gasteiger partial charge in [0.15, 0.2) is 0 Å². The van der Waals surface area contributed by atoms with E-state index in [1.54, 1.807) is 20.0 Å². The second-order valence-electron chi connectivity index (χ2n) is 4.66. The molecule has 2 N–H and O–H groups in total. The lowest BCUT2D eigenvalue weighted by atomic mass is 9.92. The normalized spacial score (nSPS) is 11.4. The predicted molar refractivity (Wildman–Crippen MR) is 68.5 cm³/mol. The van der Waals surface area contributed by atoms with Crippen molar-refractivity contribution in [3.05, 3.63) is 29.0 Å². The third kappa shape index (κ3) is 3.66. The molecule has 0 saturated heterocycles. The standard InChI is InChI=1S/C12H17ClN2O3/c1-12(7-16,8-17)6-15(2)11(18)9-3-4-14-10(13)5-9/h3-5,16-17H,6-8H2,1-2H3. The van der Waals surface area contributed by atoms with E-state index in [4.69, 9.17) is 11.6 Å². The molecule has 100 valence electrons. The summed E-state index contributed by atoms with van der Waals surface area (Å²) >= 11 is 5.72. The topological polar surface area (TPSA) is 73.7 Å². The Morgan fingerprint density at radius 1 is 1.50 bits per heavy atom. The van der Waals surface area contributed by atoms with E-state index in [1.807, 2.05) is 0 Å². The number of aromatic nitrogens is 1. The molecule has 0 unspecified atom stereocenters. The molecule has 18 heavy (non-hydrogen) atoms. The molecule has 1 amide bonds. The van der Waals surface area contributed by atoms with Gasteiger partial charge in [0.1, 0.15) is 5.15 Å². The minimum absolute atomic E-state index is 0.196. The van der Waals surface area contributed by atoms with Crippen molar-refractivity contribution in [1.29, 1.82) is 0 Å². The minimum Gasteiger partial charge on any atom is -0.396 e. The molecule has 0 aliphatic carbocycles. The van der Waals surface area contributed by atoms with E-state index in [1.165, 1.54) is 17.2 Å². The molecule has 1 rings (SSSR count). The number of hydrogen-bond donors (Lipinski definition) is 2. The zero-order valence-electron chi connectivity index (χ0n) is 10.4. The number of carbonyl (C=O) groups is 1. The molecule has 0 atom stereocenters. The minimum atomic E-state index is -0.721. The van der Waals surface area contributed by atoms with Crippen LogP contribution in [0.2, 0.25) is 5.15 Å². The number of nitrogens with zero attached hydrogens (tertiary/aromatic N) is 2. The Kier molecular flexibility index (Phi) is 5.07. The van der Waals surface area contributed by atoms with Gasteiger partial charge in [0.2, 0.25) is 0 Å². The molecule has 0 aliphatic heterocycles. The van der Waals surface area contributed by atoms with Gasteiger partial charge in [-0.25, -0.2) is 4.98 Å². The molecule has 0 bridgehead atoms. The van der Waals surface area contributed by atoms with Gasteiger partial charge in [-0.3, -0.25) is 4.79 Å². The Hall–Kier alpha value is -1.17. The van der Waals surface area contributed by atoms with Gasteiger partial charge in [-0.1, -0.05) is 18.5 Å². The number of pyridine rings is 1. The molecule has 1 heterocycles. The maximum absolute atomic E-state index is 12.1. The van der Waals surface area contributed by atoms with E-state index in [-0.39, 0.29) is 30.8 Å². The summed E-state index contributed by atoms with van der Waals surface area (Å²) in [6.45, 7) is 1.56. The fourth-order valence-electron chi connectivity index (χ4n) is 1.55. The zero-order chi connectivity index (χ0) is 13.8. The van der Waals surface area contributed by atoms with Gasteiger partial charge >= 0.3 is 0 Å². The van der Waals surface area contributed by atoms with Crippen molar-refractivity contribution >= 4 is 17.5 Å². The fraction of sp³-hybridized carbons (Fsp3) is 0.500. The van der Waals surface area contributed by atoms with Gasteiger partial charge in [-0.2, -0.15) is 0 Å². The summed E-state index contributed by atoms with van der Waals surface area (Å²) in [5, 5.41) is 18.7. The van der Waals surface area contributed by atoms with Gasteiger partial charge < -0.3 is 15.1 Å². The van der Waals surface area contributed by atoms with Crippen molar-refractivity contribution in [2.45, 2.75) is 6.92 Å². The highest BCUT2D eigenvalue weighted by atomic mass is 35.5. The van der Waals surface area contributed by atoms with Crippen LogP contribution in [0.1, 0.15) is 17.3 Å². The van der Waals surface area contributed by atoms with E-state index in [9.17, 15) is 15.0 Å². The molecule has 0 aliphatic rings. The molecular weight excluding hydrogens is 256 g/mol. The lowest BCUT2D eigenvalue weighted by molar-refractivity contribution is 0.0366. The summed E-state index contributed by atoms with van der Waals surface area (Å²) in [5.74, 6) is -0.229. The van der Waals surface area contributed by atoms with Crippen molar-refractivity contribution in [3.63, 3.8) is 0 Å². The average Bonchev–Trinajstić information content (AvgIpc) is 2.37. The number of halogens is 1. The molecule has 0 spiro atoms. The van der Waals surface area contributed by atoms with Gasteiger partial charge in [0.05, 0.1) is 13.2 Å². The van der Waals surface area contributed by atoms with E-state index < -0.39 is 5.41 Å². The molecule has 1 aromatic heterocycles. The molecule has 0 fully saturated rings. The quantitative estimate of drug-likeness (QED) is 0.778. The smallest absolute Gasteiger partial charge is 0.253 e. The molecule has 5 nitrogen and oxygen atoms in total. The van der Waals surface area contributed by atoms with Crippen LogP contribution < -0.4 is 0 Å². The van der Waals surface area contributed by atoms with Gasteiger partial charge in [-0.15, -0.1) is 0 Å². The van der Waals surface area contributed by atoms with Crippen LogP contribution in [0.3, 0.4) is 0 Å². The Morgan fingerprint density at radius 2 is 2.11 bits per heavy atom. The summed E-state index contributed by atoms with van der Waals surface area (Å²) in [6, 6.07) is 3.05. The first-order valence-electron chi connectivity index (χ1n) is 5.50. The highest BCUT2D eigenvalue weighted by molar-refractivity contribution is 6.29. The van der Waals surface area contributed by atoms with Crippen molar-refractivity contribution in [1.82, 2.24) is 9.88 Å². The highest BCUT2D eigenvalue weighted by Gasteiger charge is 2.26. The SMILES string of the molecule is CN(CC(C)(CO)CO)C(=O)c1ccnc(Cl)c1. The molecule has 0 aromatic carbocycles. The van der Waals surface area contributed by atoms with Crippen LogP contribution in [0.5, 0.6) is 0 Å². The number of rotatable bonds is 5. The third-order valence-corrected chi connectivity index (χ3v) is 2.91. The van der Waals surface area contributed by atoms with E-state index in [0.717, 1.165) is 0 Å². The van der Waals surface area contributed by atoms with Crippen LogP contribution in [-0.4, -0.2) is 52.8 Å². The number of aliphatic hydroxyl groups excluding tert-OH is 2. The molecule has 6 heteroatoms. The summed E-state index contributed by atoms with van der Waals surface area (Å²) in [5.41, 5.74) is -0.294. The Bertz CT molecular complexity index is 422. The van der Waals surface area contributed by atoms with Crippen LogP contribution in [0, 0.1) is 5.41 Å². The number of aliphatic hydroxyl groups is 2. The average molecular weight is 273 g/mol.